The van der Waals surface area contributed by atoms with Gasteiger partial charge in [0.15, 0.2) is 0 Å². The van der Waals surface area contributed by atoms with Crippen LogP contribution in [0.25, 0.3) is 0 Å². The summed E-state index contributed by atoms with van der Waals surface area (Å²) in [7, 11) is 1.73. The lowest BCUT2D eigenvalue weighted by atomic mass is 9.97. The maximum Gasteiger partial charge on any atom is 0.226 e. The van der Waals surface area contributed by atoms with E-state index in [0.29, 0.717) is 12.5 Å². The van der Waals surface area contributed by atoms with Crippen LogP contribution < -0.4 is 5.73 Å². The van der Waals surface area contributed by atoms with Crippen molar-refractivity contribution < 1.29 is 9.53 Å². The van der Waals surface area contributed by atoms with Crippen molar-refractivity contribution in [2.45, 2.75) is 19.8 Å². The molecule has 0 aromatic carbocycles. The first-order valence-corrected chi connectivity index (χ1v) is 5.66. The van der Waals surface area contributed by atoms with Crippen LogP contribution in [0.1, 0.15) is 19.8 Å². The van der Waals surface area contributed by atoms with E-state index in [9.17, 15) is 4.79 Å². The number of piperidine rings is 1. The summed E-state index contributed by atoms with van der Waals surface area (Å²) in [5.41, 5.74) is 5.49. The average molecular weight is 214 g/mol. The normalized spacial score (nSPS) is 20.3. The zero-order chi connectivity index (χ0) is 11.3. The van der Waals surface area contributed by atoms with E-state index in [4.69, 9.17) is 10.5 Å². The zero-order valence-electron chi connectivity index (χ0n) is 9.74. The van der Waals surface area contributed by atoms with E-state index in [2.05, 4.69) is 0 Å². The van der Waals surface area contributed by atoms with Gasteiger partial charge in [0, 0.05) is 39.3 Å². The summed E-state index contributed by atoms with van der Waals surface area (Å²) in [5, 5.41) is 0. The largest absolute Gasteiger partial charge is 0.384 e. The van der Waals surface area contributed by atoms with Crippen LogP contribution in [-0.4, -0.2) is 44.2 Å². The van der Waals surface area contributed by atoms with E-state index in [1.165, 1.54) is 0 Å². The van der Waals surface area contributed by atoms with Gasteiger partial charge < -0.3 is 15.4 Å². The first-order valence-electron chi connectivity index (χ1n) is 5.66. The molecule has 88 valence electrons. The molecular weight excluding hydrogens is 192 g/mol. The van der Waals surface area contributed by atoms with Crippen molar-refractivity contribution in [3.63, 3.8) is 0 Å². The van der Waals surface area contributed by atoms with Gasteiger partial charge in [0.1, 0.15) is 0 Å². The Labute approximate surface area is 91.8 Å². The highest BCUT2D eigenvalue weighted by Gasteiger charge is 2.24. The molecule has 0 bridgehead atoms. The van der Waals surface area contributed by atoms with Crippen LogP contribution in [0.4, 0.5) is 0 Å². The number of carbonyl (C=O) groups excluding carboxylic acids is 1. The summed E-state index contributed by atoms with van der Waals surface area (Å²) >= 11 is 0. The SMILES string of the molecule is COCC1CCN(C(=O)C(C)CN)CC1. The first kappa shape index (κ1) is 12.5. The molecule has 4 nitrogen and oxygen atoms in total. The molecule has 1 atom stereocenters. The van der Waals surface area contributed by atoms with Crippen molar-refractivity contribution >= 4 is 5.91 Å². The number of rotatable bonds is 4. The highest BCUT2D eigenvalue weighted by atomic mass is 16.5. The summed E-state index contributed by atoms with van der Waals surface area (Å²) in [6.45, 7) is 4.86. The van der Waals surface area contributed by atoms with Gasteiger partial charge in [-0.25, -0.2) is 0 Å². The van der Waals surface area contributed by atoms with Crippen LogP contribution in [0.3, 0.4) is 0 Å². The third-order valence-corrected chi connectivity index (χ3v) is 3.10. The molecule has 0 aromatic heterocycles. The molecule has 1 aliphatic heterocycles. The summed E-state index contributed by atoms with van der Waals surface area (Å²) < 4.78 is 5.12. The Morgan fingerprint density at radius 1 is 1.53 bits per heavy atom. The predicted octanol–water partition coefficient (Wildman–Crippen LogP) is 0.466. The number of nitrogens with zero attached hydrogens (tertiary/aromatic N) is 1. The van der Waals surface area contributed by atoms with Crippen LogP contribution in [0.15, 0.2) is 0 Å². The molecule has 0 aromatic rings. The number of likely N-dealkylation sites (tertiary alicyclic amines) is 1. The number of hydrogen-bond acceptors (Lipinski definition) is 3. The Balaban J connectivity index is 2.33. The summed E-state index contributed by atoms with van der Waals surface area (Å²) in [6, 6.07) is 0. The second kappa shape index (κ2) is 6.08. The molecule has 1 fully saturated rings. The highest BCUT2D eigenvalue weighted by molar-refractivity contribution is 5.78. The fourth-order valence-corrected chi connectivity index (χ4v) is 1.97. The topological polar surface area (TPSA) is 55.6 Å². The van der Waals surface area contributed by atoms with Gasteiger partial charge in [-0.15, -0.1) is 0 Å². The van der Waals surface area contributed by atoms with Gasteiger partial charge in [-0.2, -0.15) is 0 Å². The number of methoxy groups -OCH3 is 1. The van der Waals surface area contributed by atoms with Crippen molar-refractivity contribution in [1.29, 1.82) is 0 Å². The van der Waals surface area contributed by atoms with Gasteiger partial charge in [0.25, 0.3) is 0 Å². The molecule has 0 saturated carbocycles. The molecule has 1 rings (SSSR count). The van der Waals surface area contributed by atoms with Crippen molar-refractivity contribution in [1.82, 2.24) is 4.90 Å². The van der Waals surface area contributed by atoms with E-state index >= 15 is 0 Å². The highest BCUT2D eigenvalue weighted by Crippen LogP contribution is 2.18. The molecule has 0 aliphatic carbocycles. The second-order valence-corrected chi connectivity index (χ2v) is 4.36. The minimum absolute atomic E-state index is 0.0380. The molecule has 0 radical (unpaired) electrons. The second-order valence-electron chi connectivity index (χ2n) is 4.36. The standard InChI is InChI=1S/C11H22N2O2/c1-9(7-12)11(14)13-5-3-10(4-6-13)8-15-2/h9-10H,3-8,12H2,1-2H3. The van der Waals surface area contributed by atoms with E-state index < -0.39 is 0 Å². The molecule has 1 saturated heterocycles. The molecule has 4 heteroatoms. The molecule has 2 N–H and O–H groups in total. The van der Waals surface area contributed by atoms with Gasteiger partial charge in [-0.05, 0) is 18.8 Å². The smallest absolute Gasteiger partial charge is 0.226 e. The lowest BCUT2D eigenvalue weighted by Gasteiger charge is -2.33. The Hall–Kier alpha value is -0.610. The molecule has 1 heterocycles. The van der Waals surface area contributed by atoms with Gasteiger partial charge in [-0.1, -0.05) is 6.92 Å². The fourth-order valence-electron chi connectivity index (χ4n) is 1.97. The summed E-state index contributed by atoms with van der Waals surface area (Å²) in [6.07, 6.45) is 2.10. The predicted molar refractivity (Wildman–Crippen MR) is 59.4 cm³/mol. The Bertz CT molecular complexity index is 201. The number of amides is 1. The fraction of sp³-hybridized carbons (Fsp3) is 0.909. The van der Waals surface area contributed by atoms with Gasteiger partial charge in [0.2, 0.25) is 5.91 Å². The summed E-state index contributed by atoms with van der Waals surface area (Å²) in [5.74, 6) is 0.782. The number of hydrogen-bond donors (Lipinski definition) is 1. The minimum Gasteiger partial charge on any atom is -0.384 e. The van der Waals surface area contributed by atoms with E-state index in [1.807, 2.05) is 11.8 Å². The Kier molecular flexibility index (Phi) is 5.05. The third kappa shape index (κ3) is 3.47. The first-order chi connectivity index (χ1) is 7.19. The maximum atomic E-state index is 11.8. The van der Waals surface area contributed by atoms with Crippen LogP contribution in [0.5, 0.6) is 0 Å². The van der Waals surface area contributed by atoms with E-state index in [-0.39, 0.29) is 11.8 Å². The number of ether oxygens (including phenoxy) is 1. The van der Waals surface area contributed by atoms with Crippen molar-refractivity contribution in [2.24, 2.45) is 17.6 Å². The quantitative estimate of drug-likeness (QED) is 0.740. The van der Waals surface area contributed by atoms with E-state index in [0.717, 1.165) is 32.5 Å². The van der Waals surface area contributed by atoms with Gasteiger partial charge in [0.05, 0.1) is 0 Å². The maximum absolute atomic E-state index is 11.8. The van der Waals surface area contributed by atoms with Crippen LogP contribution in [0, 0.1) is 11.8 Å². The van der Waals surface area contributed by atoms with Crippen LogP contribution >= 0.6 is 0 Å². The average Bonchev–Trinajstić information content (AvgIpc) is 2.28. The molecule has 1 aliphatic rings. The zero-order valence-corrected chi connectivity index (χ0v) is 9.74. The van der Waals surface area contributed by atoms with Crippen LogP contribution in [-0.2, 0) is 9.53 Å². The van der Waals surface area contributed by atoms with Crippen molar-refractivity contribution in [2.75, 3.05) is 33.4 Å². The Morgan fingerprint density at radius 3 is 2.60 bits per heavy atom. The summed E-state index contributed by atoms with van der Waals surface area (Å²) in [4.78, 5) is 13.7. The molecular formula is C11H22N2O2. The molecule has 0 spiro atoms. The Morgan fingerprint density at radius 2 is 2.13 bits per heavy atom. The van der Waals surface area contributed by atoms with E-state index in [1.54, 1.807) is 7.11 Å². The molecule has 15 heavy (non-hydrogen) atoms. The monoisotopic (exact) mass is 214 g/mol. The van der Waals surface area contributed by atoms with Gasteiger partial charge in [-0.3, -0.25) is 4.79 Å². The lowest BCUT2D eigenvalue weighted by molar-refractivity contribution is -0.136. The number of carbonyl (C=O) groups is 1. The van der Waals surface area contributed by atoms with Gasteiger partial charge >= 0.3 is 0 Å². The van der Waals surface area contributed by atoms with Crippen molar-refractivity contribution in [3.05, 3.63) is 0 Å². The number of nitrogens with two attached hydrogens (primary N) is 1. The third-order valence-electron chi connectivity index (χ3n) is 3.10. The molecule has 1 amide bonds. The van der Waals surface area contributed by atoms with Crippen LogP contribution in [0.2, 0.25) is 0 Å². The molecule has 1 unspecified atom stereocenters. The van der Waals surface area contributed by atoms with Crippen molar-refractivity contribution in [3.8, 4) is 0 Å². The lowest BCUT2D eigenvalue weighted by Crippen LogP contribution is -2.43. The minimum atomic E-state index is -0.0380.